The van der Waals surface area contributed by atoms with Crippen molar-refractivity contribution >= 4 is 18.3 Å². The minimum Gasteiger partial charge on any atom is -0.378 e. The molecule has 1 aliphatic carbocycles. The van der Waals surface area contributed by atoms with Gasteiger partial charge in [0.2, 0.25) is 5.91 Å². The predicted octanol–water partition coefficient (Wildman–Crippen LogP) is 0.655. The Morgan fingerprint density at radius 1 is 1.44 bits per heavy atom. The summed E-state index contributed by atoms with van der Waals surface area (Å²) in [6.07, 6.45) is 2.20. The van der Waals surface area contributed by atoms with Crippen molar-refractivity contribution in [3.05, 3.63) is 0 Å². The zero-order valence-corrected chi connectivity index (χ0v) is 10.6. The molecule has 1 heterocycles. The maximum atomic E-state index is 12.0. The van der Waals surface area contributed by atoms with E-state index in [4.69, 9.17) is 4.74 Å². The Morgan fingerprint density at radius 3 is 3.00 bits per heavy atom. The molecule has 0 spiro atoms. The molecule has 1 aliphatic heterocycles. The van der Waals surface area contributed by atoms with Gasteiger partial charge in [0.1, 0.15) is 0 Å². The smallest absolute Gasteiger partial charge is 0.228 e. The summed E-state index contributed by atoms with van der Waals surface area (Å²) in [6, 6.07) is 0. The maximum Gasteiger partial charge on any atom is 0.228 e. The Morgan fingerprint density at radius 2 is 2.25 bits per heavy atom. The molecule has 2 atom stereocenters. The van der Waals surface area contributed by atoms with Crippen molar-refractivity contribution in [2.45, 2.75) is 25.9 Å². The van der Waals surface area contributed by atoms with Crippen LogP contribution >= 0.6 is 12.4 Å². The zero-order chi connectivity index (χ0) is 10.7. The van der Waals surface area contributed by atoms with E-state index in [0.717, 1.165) is 45.6 Å². The molecule has 16 heavy (non-hydrogen) atoms. The second-order valence-electron chi connectivity index (χ2n) is 4.26. The molecular weight excluding hydrogens is 228 g/mol. The lowest BCUT2D eigenvalue weighted by molar-refractivity contribution is -0.133. The van der Waals surface area contributed by atoms with Crippen molar-refractivity contribution in [3.8, 4) is 0 Å². The fourth-order valence-corrected chi connectivity index (χ4v) is 2.13. The highest BCUT2D eigenvalue weighted by Gasteiger charge is 2.45. The lowest BCUT2D eigenvalue weighted by Crippen LogP contribution is -2.36. The fraction of sp³-hybridized carbons (Fsp3) is 0.909. The Labute approximate surface area is 103 Å². The Bertz CT molecular complexity index is 230. The number of amides is 1. The predicted molar refractivity (Wildman–Crippen MR) is 64.8 cm³/mol. The van der Waals surface area contributed by atoms with Crippen LogP contribution in [0.3, 0.4) is 0 Å². The molecule has 1 saturated heterocycles. The molecule has 2 rings (SSSR count). The Hall–Kier alpha value is -0.320. The number of hydrogen-bond acceptors (Lipinski definition) is 3. The van der Waals surface area contributed by atoms with E-state index < -0.39 is 0 Å². The van der Waals surface area contributed by atoms with Gasteiger partial charge in [-0.1, -0.05) is 0 Å². The average molecular weight is 249 g/mol. The lowest BCUT2D eigenvalue weighted by atomic mass is 10.3. The van der Waals surface area contributed by atoms with Gasteiger partial charge in [-0.05, 0) is 26.3 Å². The van der Waals surface area contributed by atoms with Crippen molar-refractivity contribution in [2.24, 2.45) is 5.92 Å². The second kappa shape index (κ2) is 6.42. The van der Waals surface area contributed by atoms with Gasteiger partial charge >= 0.3 is 0 Å². The molecule has 0 radical (unpaired) electrons. The number of hydrogen-bond donors (Lipinski definition) is 1. The van der Waals surface area contributed by atoms with Crippen molar-refractivity contribution in [1.82, 2.24) is 10.2 Å². The van der Waals surface area contributed by atoms with E-state index in [1.54, 1.807) is 0 Å². The van der Waals surface area contributed by atoms with Gasteiger partial charge in [0.15, 0.2) is 0 Å². The fourth-order valence-electron chi connectivity index (χ4n) is 2.13. The molecule has 1 N–H and O–H groups in total. The van der Waals surface area contributed by atoms with Crippen molar-refractivity contribution < 1.29 is 9.53 Å². The van der Waals surface area contributed by atoms with Crippen LogP contribution in [0.25, 0.3) is 0 Å². The summed E-state index contributed by atoms with van der Waals surface area (Å²) in [6.45, 7) is 6.42. The van der Waals surface area contributed by atoms with Gasteiger partial charge in [-0.3, -0.25) is 4.79 Å². The van der Waals surface area contributed by atoms with Crippen LogP contribution in [0.2, 0.25) is 0 Å². The summed E-state index contributed by atoms with van der Waals surface area (Å²) < 4.78 is 5.45. The van der Waals surface area contributed by atoms with Gasteiger partial charge in [-0.25, -0.2) is 0 Å². The van der Waals surface area contributed by atoms with Crippen LogP contribution in [0.15, 0.2) is 0 Å². The minimum atomic E-state index is 0. The summed E-state index contributed by atoms with van der Waals surface area (Å²) in [5, 5.41) is 3.30. The topological polar surface area (TPSA) is 41.6 Å². The minimum absolute atomic E-state index is 0. The van der Waals surface area contributed by atoms with Gasteiger partial charge in [-0.15, -0.1) is 12.4 Å². The first-order chi connectivity index (χ1) is 7.33. The van der Waals surface area contributed by atoms with Crippen LogP contribution < -0.4 is 5.32 Å². The van der Waals surface area contributed by atoms with E-state index in [0.29, 0.717) is 5.91 Å². The van der Waals surface area contributed by atoms with Gasteiger partial charge in [0.25, 0.3) is 0 Å². The number of carbonyl (C=O) groups is 1. The standard InChI is InChI=1S/C11H20N2O2.ClH/c1-2-15-10-8-9(10)11(14)13-6-3-4-12-5-7-13;/h9-10,12H,2-8H2,1H3;1H. The lowest BCUT2D eigenvalue weighted by Gasteiger charge is -2.19. The molecule has 5 heteroatoms. The first kappa shape index (κ1) is 13.7. The van der Waals surface area contributed by atoms with Gasteiger partial charge < -0.3 is 15.0 Å². The number of nitrogens with one attached hydrogen (secondary N) is 1. The van der Waals surface area contributed by atoms with Crippen LogP contribution in [-0.4, -0.2) is 49.7 Å². The molecule has 1 saturated carbocycles. The normalized spacial score (nSPS) is 29.2. The van der Waals surface area contributed by atoms with Crippen molar-refractivity contribution in [1.29, 1.82) is 0 Å². The van der Waals surface area contributed by atoms with Crippen molar-refractivity contribution in [2.75, 3.05) is 32.8 Å². The molecule has 0 bridgehead atoms. The monoisotopic (exact) mass is 248 g/mol. The Kier molecular flexibility index (Phi) is 5.52. The second-order valence-corrected chi connectivity index (χ2v) is 4.26. The largest absolute Gasteiger partial charge is 0.378 e. The van der Waals surface area contributed by atoms with Crippen LogP contribution in [0, 0.1) is 5.92 Å². The van der Waals surface area contributed by atoms with E-state index >= 15 is 0 Å². The zero-order valence-electron chi connectivity index (χ0n) is 9.78. The molecule has 1 amide bonds. The summed E-state index contributed by atoms with van der Waals surface area (Å²) in [4.78, 5) is 14.0. The molecule has 0 aromatic heterocycles. The van der Waals surface area contributed by atoms with E-state index in [9.17, 15) is 4.79 Å². The van der Waals surface area contributed by atoms with Crippen LogP contribution in [0.1, 0.15) is 19.8 Å². The number of nitrogens with zero attached hydrogens (tertiary/aromatic N) is 1. The average Bonchev–Trinajstić information content (AvgIpc) is 2.99. The Balaban J connectivity index is 0.00000128. The summed E-state index contributed by atoms with van der Waals surface area (Å²) in [5.74, 6) is 0.459. The van der Waals surface area contributed by atoms with E-state index in [1.807, 2.05) is 11.8 Å². The third kappa shape index (κ3) is 3.34. The first-order valence-electron chi connectivity index (χ1n) is 5.94. The SMILES string of the molecule is CCOC1CC1C(=O)N1CCCNCC1.Cl. The van der Waals surface area contributed by atoms with Crippen molar-refractivity contribution in [3.63, 3.8) is 0 Å². The summed E-state index contributed by atoms with van der Waals surface area (Å²) in [5.41, 5.74) is 0. The molecular formula is C11H21ClN2O2. The summed E-state index contributed by atoms with van der Waals surface area (Å²) >= 11 is 0. The van der Waals surface area contributed by atoms with Gasteiger partial charge in [-0.2, -0.15) is 0 Å². The highest BCUT2D eigenvalue weighted by Crippen LogP contribution is 2.35. The molecule has 0 aromatic rings. The molecule has 2 fully saturated rings. The third-order valence-electron chi connectivity index (χ3n) is 3.08. The van der Waals surface area contributed by atoms with E-state index in [1.165, 1.54) is 0 Å². The number of rotatable bonds is 3. The summed E-state index contributed by atoms with van der Waals surface area (Å²) in [7, 11) is 0. The molecule has 2 aliphatic rings. The van der Waals surface area contributed by atoms with E-state index in [2.05, 4.69) is 5.32 Å². The number of ether oxygens (including phenoxy) is 1. The maximum absolute atomic E-state index is 12.0. The van der Waals surface area contributed by atoms with Gasteiger partial charge in [0.05, 0.1) is 12.0 Å². The number of carbonyl (C=O) groups excluding carboxylic acids is 1. The first-order valence-corrected chi connectivity index (χ1v) is 5.94. The van der Waals surface area contributed by atoms with Crippen LogP contribution in [-0.2, 0) is 9.53 Å². The van der Waals surface area contributed by atoms with Gasteiger partial charge in [0, 0.05) is 26.2 Å². The van der Waals surface area contributed by atoms with E-state index in [-0.39, 0.29) is 24.4 Å². The highest BCUT2D eigenvalue weighted by atomic mass is 35.5. The molecule has 4 nitrogen and oxygen atoms in total. The van der Waals surface area contributed by atoms with Crippen LogP contribution in [0.5, 0.6) is 0 Å². The van der Waals surface area contributed by atoms with Crippen LogP contribution in [0.4, 0.5) is 0 Å². The molecule has 94 valence electrons. The number of halogens is 1. The molecule has 0 aromatic carbocycles. The third-order valence-corrected chi connectivity index (χ3v) is 3.08. The molecule has 2 unspecified atom stereocenters. The highest BCUT2D eigenvalue weighted by molar-refractivity contribution is 5.85. The quantitative estimate of drug-likeness (QED) is 0.798.